The Morgan fingerprint density at radius 2 is 1.91 bits per heavy atom. The average Bonchev–Trinajstić information content (AvgIpc) is 3.38. The number of methoxy groups -OCH3 is 1. The molecule has 2 aromatic heterocycles. The first-order valence-electron chi connectivity index (χ1n) is 11.6. The van der Waals surface area contributed by atoms with Gasteiger partial charge in [-0.1, -0.05) is 17.3 Å². The molecule has 0 saturated carbocycles. The second-order valence-electron chi connectivity index (χ2n) is 8.85. The number of aromatic nitrogens is 3. The van der Waals surface area contributed by atoms with Gasteiger partial charge in [0.25, 0.3) is 5.56 Å². The van der Waals surface area contributed by atoms with Crippen molar-refractivity contribution in [3.05, 3.63) is 63.4 Å². The number of benzene rings is 1. The number of nitrogens with one attached hydrogen (secondary N) is 1. The van der Waals surface area contributed by atoms with Crippen molar-refractivity contribution in [1.82, 2.24) is 19.4 Å². The zero-order valence-corrected chi connectivity index (χ0v) is 20.1. The Morgan fingerprint density at radius 1 is 1.17 bits per heavy atom. The van der Waals surface area contributed by atoms with E-state index in [0.717, 1.165) is 36.9 Å². The van der Waals surface area contributed by atoms with Crippen LogP contribution < -0.4 is 5.56 Å². The molecule has 0 radical (unpaired) electrons. The lowest BCUT2D eigenvalue weighted by Gasteiger charge is -2.30. The summed E-state index contributed by atoms with van der Waals surface area (Å²) in [6.07, 6.45) is 4.88. The molecule has 0 atom stereocenters. The number of H-pyrrole nitrogens is 1. The molecule has 1 N–H and O–H groups in total. The number of hydrogen-bond donors (Lipinski definition) is 1. The van der Waals surface area contributed by atoms with Gasteiger partial charge in [-0.25, -0.2) is 13.2 Å². The predicted molar refractivity (Wildman–Crippen MR) is 126 cm³/mol. The maximum Gasteiger partial charge on any atom is 0.339 e. The number of piperidine rings is 1. The van der Waals surface area contributed by atoms with Gasteiger partial charge >= 0.3 is 5.97 Å². The van der Waals surface area contributed by atoms with Crippen LogP contribution in [0.4, 0.5) is 0 Å². The molecule has 1 aliphatic heterocycles. The Morgan fingerprint density at radius 3 is 2.69 bits per heavy atom. The number of carbonyl (C=O) groups is 1. The fraction of sp³-hybridized carbons (Fsp3) is 0.417. The lowest BCUT2D eigenvalue weighted by molar-refractivity contribution is 0.0596. The van der Waals surface area contributed by atoms with Crippen LogP contribution in [0.15, 0.2) is 44.5 Å². The maximum absolute atomic E-state index is 13.2. The third kappa shape index (κ3) is 4.41. The summed E-state index contributed by atoms with van der Waals surface area (Å²) >= 11 is 0. The van der Waals surface area contributed by atoms with Crippen molar-refractivity contribution in [1.29, 1.82) is 0 Å². The summed E-state index contributed by atoms with van der Waals surface area (Å²) in [6.45, 7) is 0.472. The molecule has 184 valence electrons. The van der Waals surface area contributed by atoms with Gasteiger partial charge in [0.2, 0.25) is 21.7 Å². The van der Waals surface area contributed by atoms with E-state index in [-0.39, 0.29) is 40.9 Å². The SMILES string of the molecule is COC(=O)c1ccccc1S(=O)(=O)N1CCC(c2nc(-c3cc4c([nH]c3=O)CCCC4)no2)CC1. The first-order chi connectivity index (χ1) is 16.9. The van der Waals surface area contributed by atoms with Gasteiger partial charge in [0.1, 0.15) is 0 Å². The van der Waals surface area contributed by atoms with E-state index >= 15 is 0 Å². The van der Waals surface area contributed by atoms with E-state index in [9.17, 15) is 18.0 Å². The van der Waals surface area contributed by atoms with Crippen LogP contribution in [0.5, 0.6) is 0 Å². The highest BCUT2D eigenvalue weighted by Crippen LogP contribution is 2.32. The number of aryl methyl sites for hydroxylation is 2. The zero-order valence-electron chi connectivity index (χ0n) is 19.3. The third-order valence-electron chi connectivity index (χ3n) is 6.73. The smallest absolute Gasteiger partial charge is 0.339 e. The van der Waals surface area contributed by atoms with E-state index in [2.05, 4.69) is 15.1 Å². The number of esters is 1. The molecule has 0 unspecified atom stereocenters. The van der Waals surface area contributed by atoms with Gasteiger partial charge in [0.15, 0.2) is 0 Å². The standard InChI is InChI=1S/C24H26N4O6S/c1-33-24(30)17-7-3-5-9-20(17)35(31,32)28-12-10-15(11-13-28)23-26-21(27-34-23)18-14-16-6-2-4-8-19(16)25-22(18)29/h3,5,7,9,14-15H,2,4,6,8,10-13H2,1H3,(H,25,29). The summed E-state index contributed by atoms with van der Waals surface area (Å²) in [5.41, 5.74) is 2.26. The van der Waals surface area contributed by atoms with Gasteiger partial charge < -0.3 is 14.2 Å². The van der Waals surface area contributed by atoms with Gasteiger partial charge in [-0.15, -0.1) is 0 Å². The Hall–Kier alpha value is -3.31. The summed E-state index contributed by atoms with van der Waals surface area (Å²) in [5.74, 6) is -0.189. The molecule has 1 aromatic carbocycles. The average molecular weight is 499 g/mol. The number of hydrogen-bond acceptors (Lipinski definition) is 8. The number of sulfonamides is 1. The molecule has 3 heterocycles. The summed E-state index contributed by atoms with van der Waals surface area (Å²) in [5, 5.41) is 4.04. The summed E-state index contributed by atoms with van der Waals surface area (Å²) in [4.78, 5) is 32.0. The Kier molecular flexibility index (Phi) is 6.28. The molecule has 11 heteroatoms. The van der Waals surface area contributed by atoms with E-state index in [1.165, 1.54) is 23.5 Å². The number of carbonyl (C=O) groups excluding carboxylic acids is 1. The molecule has 0 spiro atoms. The van der Waals surface area contributed by atoms with Crippen LogP contribution in [0.3, 0.4) is 0 Å². The fourth-order valence-corrected chi connectivity index (χ4v) is 6.45. The molecule has 5 rings (SSSR count). The second kappa shape index (κ2) is 9.38. The molecule has 1 fully saturated rings. The molecule has 0 bridgehead atoms. The number of ether oxygens (including phenoxy) is 1. The van der Waals surface area contributed by atoms with Crippen molar-refractivity contribution in [2.24, 2.45) is 0 Å². The van der Waals surface area contributed by atoms with Crippen LogP contribution in [0, 0.1) is 0 Å². The van der Waals surface area contributed by atoms with Crippen molar-refractivity contribution in [2.75, 3.05) is 20.2 Å². The minimum Gasteiger partial charge on any atom is -0.465 e. The van der Waals surface area contributed by atoms with Gasteiger partial charge in [-0.05, 0) is 62.3 Å². The third-order valence-corrected chi connectivity index (χ3v) is 8.69. The number of nitrogens with zero attached hydrogens (tertiary/aromatic N) is 3. The van der Waals surface area contributed by atoms with Crippen LogP contribution in [0.1, 0.15) is 59.1 Å². The Bertz CT molecular complexity index is 1420. The molecule has 2 aliphatic rings. The molecule has 1 saturated heterocycles. The minimum atomic E-state index is -3.89. The van der Waals surface area contributed by atoms with Crippen LogP contribution >= 0.6 is 0 Å². The van der Waals surface area contributed by atoms with Crippen LogP contribution in [0.2, 0.25) is 0 Å². The number of fused-ring (bicyclic) bond motifs is 1. The lowest BCUT2D eigenvalue weighted by Crippen LogP contribution is -2.38. The minimum absolute atomic E-state index is 0.00828. The number of pyridine rings is 1. The first kappa shape index (κ1) is 23.4. The van der Waals surface area contributed by atoms with E-state index in [4.69, 9.17) is 9.26 Å². The largest absolute Gasteiger partial charge is 0.465 e. The summed E-state index contributed by atoms with van der Waals surface area (Å²) in [6, 6.07) is 7.88. The molecular formula is C24H26N4O6S. The summed E-state index contributed by atoms with van der Waals surface area (Å²) in [7, 11) is -2.67. The van der Waals surface area contributed by atoms with Gasteiger partial charge in [-0.2, -0.15) is 9.29 Å². The van der Waals surface area contributed by atoms with Crippen molar-refractivity contribution < 1.29 is 22.5 Å². The molecule has 1 aliphatic carbocycles. The van der Waals surface area contributed by atoms with Crippen molar-refractivity contribution in [3.8, 4) is 11.4 Å². The monoisotopic (exact) mass is 498 g/mol. The topological polar surface area (TPSA) is 135 Å². The Labute approximate surface area is 202 Å². The van der Waals surface area contributed by atoms with Gasteiger partial charge in [-0.3, -0.25) is 4.79 Å². The van der Waals surface area contributed by atoms with E-state index < -0.39 is 16.0 Å². The number of rotatable bonds is 5. The van der Waals surface area contributed by atoms with E-state index in [1.807, 2.05) is 6.07 Å². The number of aromatic amines is 1. The van der Waals surface area contributed by atoms with E-state index in [0.29, 0.717) is 24.3 Å². The summed E-state index contributed by atoms with van der Waals surface area (Å²) < 4.78 is 38.1. The van der Waals surface area contributed by atoms with Crippen molar-refractivity contribution in [3.63, 3.8) is 0 Å². The van der Waals surface area contributed by atoms with Crippen molar-refractivity contribution >= 4 is 16.0 Å². The molecule has 35 heavy (non-hydrogen) atoms. The Balaban J connectivity index is 1.32. The lowest BCUT2D eigenvalue weighted by atomic mass is 9.95. The first-order valence-corrected chi connectivity index (χ1v) is 13.1. The molecular weight excluding hydrogens is 472 g/mol. The zero-order chi connectivity index (χ0) is 24.6. The normalized spacial score (nSPS) is 17.2. The highest BCUT2D eigenvalue weighted by atomic mass is 32.2. The quantitative estimate of drug-likeness (QED) is 0.531. The van der Waals surface area contributed by atoms with Gasteiger partial charge in [0, 0.05) is 24.7 Å². The van der Waals surface area contributed by atoms with E-state index in [1.54, 1.807) is 12.1 Å². The predicted octanol–water partition coefficient (Wildman–Crippen LogP) is 2.66. The van der Waals surface area contributed by atoms with Crippen LogP contribution in [-0.2, 0) is 27.6 Å². The maximum atomic E-state index is 13.2. The van der Waals surface area contributed by atoms with Crippen LogP contribution in [0.25, 0.3) is 11.4 Å². The van der Waals surface area contributed by atoms with Gasteiger partial charge in [0.05, 0.1) is 23.1 Å². The molecule has 3 aromatic rings. The fourth-order valence-electron chi connectivity index (χ4n) is 4.80. The highest BCUT2D eigenvalue weighted by Gasteiger charge is 2.34. The van der Waals surface area contributed by atoms with Crippen LogP contribution in [-0.4, -0.2) is 54.0 Å². The molecule has 10 nitrogen and oxygen atoms in total. The highest BCUT2D eigenvalue weighted by molar-refractivity contribution is 7.89. The molecule has 0 amide bonds. The van der Waals surface area contributed by atoms with Crippen molar-refractivity contribution in [2.45, 2.75) is 49.3 Å². The second-order valence-corrected chi connectivity index (χ2v) is 10.8.